The van der Waals surface area contributed by atoms with Crippen LogP contribution in [0.5, 0.6) is 0 Å². The van der Waals surface area contributed by atoms with Gasteiger partial charge in [-0.25, -0.2) is 0 Å². The summed E-state index contributed by atoms with van der Waals surface area (Å²) >= 11 is 0. The van der Waals surface area contributed by atoms with Crippen molar-refractivity contribution in [2.45, 2.75) is 39.2 Å². The van der Waals surface area contributed by atoms with E-state index >= 15 is 0 Å². The van der Waals surface area contributed by atoms with Gasteiger partial charge in [0.15, 0.2) is 0 Å². The summed E-state index contributed by atoms with van der Waals surface area (Å²) in [6.07, 6.45) is 2.35. The van der Waals surface area contributed by atoms with Gasteiger partial charge in [-0.3, -0.25) is 0 Å². The van der Waals surface area contributed by atoms with Crippen molar-refractivity contribution in [2.24, 2.45) is 0 Å². The van der Waals surface area contributed by atoms with Crippen LogP contribution in [0, 0.1) is 0 Å². The van der Waals surface area contributed by atoms with Crippen molar-refractivity contribution in [3.63, 3.8) is 0 Å². The summed E-state index contributed by atoms with van der Waals surface area (Å²) in [6, 6.07) is 21.3. The lowest BCUT2D eigenvalue weighted by Gasteiger charge is -2.40. The molecule has 19 heavy (non-hydrogen) atoms. The van der Waals surface area contributed by atoms with Gasteiger partial charge in [-0.1, -0.05) is 49.7 Å². The second kappa shape index (κ2) is 5.92. The van der Waals surface area contributed by atoms with Crippen LogP contribution in [0.3, 0.4) is 0 Å². The first-order valence-electron chi connectivity index (χ1n) is 7.05. The number of benzene rings is 2. The van der Waals surface area contributed by atoms with Gasteiger partial charge >= 0.3 is 0 Å². The third kappa shape index (κ3) is 3.17. The van der Waals surface area contributed by atoms with Crippen molar-refractivity contribution in [3.05, 3.63) is 60.7 Å². The first-order valence-corrected chi connectivity index (χ1v) is 7.05. The lowest BCUT2D eigenvalue weighted by atomic mass is 9.94. The molecule has 0 spiro atoms. The maximum Gasteiger partial charge on any atom is 0.0416 e. The van der Waals surface area contributed by atoms with E-state index in [1.54, 1.807) is 0 Å². The average Bonchev–Trinajstić information content (AvgIpc) is 2.41. The van der Waals surface area contributed by atoms with Gasteiger partial charge in [0.25, 0.3) is 0 Å². The fourth-order valence-corrected chi connectivity index (χ4v) is 2.73. The SMILES string of the molecule is CCCC(C)(C)N(c1ccccc1)c1ccccc1. The van der Waals surface area contributed by atoms with Gasteiger partial charge in [-0.2, -0.15) is 0 Å². The van der Waals surface area contributed by atoms with E-state index < -0.39 is 0 Å². The molecule has 0 aliphatic carbocycles. The number of hydrogen-bond donors (Lipinski definition) is 0. The zero-order chi connectivity index (χ0) is 13.7. The summed E-state index contributed by atoms with van der Waals surface area (Å²) in [5.74, 6) is 0. The Hall–Kier alpha value is -1.76. The van der Waals surface area contributed by atoms with Crippen LogP contribution in [0.15, 0.2) is 60.7 Å². The fraction of sp³-hybridized carbons (Fsp3) is 0.333. The Bertz CT molecular complexity index is 448. The molecule has 0 bridgehead atoms. The molecular weight excluding hydrogens is 230 g/mol. The van der Waals surface area contributed by atoms with E-state index in [9.17, 15) is 0 Å². The van der Waals surface area contributed by atoms with Gasteiger partial charge < -0.3 is 4.90 Å². The smallest absolute Gasteiger partial charge is 0.0416 e. The molecule has 2 aromatic carbocycles. The highest BCUT2D eigenvalue weighted by atomic mass is 15.2. The first-order chi connectivity index (χ1) is 9.15. The summed E-state index contributed by atoms with van der Waals surface area (Å²) in [4.78, 5) is 2.44. The second-order valence-electron chi connectivity index (χ2n) is 5.57. The zero-order valence-electron chi connectivity index (χ0n) is 12.1. The normalized spacial score (nSPS) is 11.3. The van der Waals surface area contributed by atoms with E-state index in [-0.39, 0.29) is 5.54 Å². The molecule has 0 unspecified atom stereocenters. The fourth-order valence-electron chi connectivity index (χ4n) is 2.73. The molecule has 0 amide bonds. The van der Waals surface area contributed by atoms with Gasteiger partial charge in [-0.05, 0) is 44.5 Å². The van der Waals surface area contributed by atoms with Crippen LogP contribution in [0.2, 0.25) is 0 Å². The third-order valence-electron chi connectivity index (χ3n) is 3.50. The largest absolute Gasteiger partial charge is 0.336 e. The Morgan fingerprint density at radius 2 is 1.21 bits per heavy atom. The number of para-hydroxylation sites is 2. The van der Waals surface area contributed by atoms with E-state index in [4.69, 9.17) is 0 Å². The Balaban J connectivity index is 2.46. The molecule has 2 aromatic rings. The molecule has 0 atom stereocenters. The summed E-state index contributed by atoms with van der Waals surface area (Å²) in [5, 5.41) is 0. The molecule has 1 nitrogen and oxygen atoms in total. The van der Waals surface area contributed by atoms with E-state index in [0.29, 0.717) is 0 Å². The maximum absolute atomic E-state index is 2.44. The summed E-state index contributed by atoms with van der Waals surface area (Å²) in [5.41, 5.74) is 2.62. The van der Waals surface area contributed by atoms with E-state index in [0.717, 1.165) is 6.42 Å². The maximum atomic E-state index is 2.44. The van der Waals surface area contributed by atoms with Gasteiger partial charge in [0.1, 0.15) is 0 Å². The lowest BCUT2D eigenvalue weighted by molar-refractivity contribution is 0.459. The zero-order valence-corrected chi connectivity index (χ0v) is 12.1. The minimum Gasteiger partial charge on any atom is -0.336 e. The van der Waals surface area contributed by atoms with Gasteiger partial charge in [0.05, 0.1) is 0 Å². The molecule has 0 saturated heterocycles. The summed E-state index contributed by atoms with van der Waals surface area (Å²) < 4.78 is 0. The van der Waals surface area contributed by atoms with Crippen LogP contribution >= 0.6 is 0 Å². The second-order valence-corrected chi connectivity index (χ2v) is 5.57. The average molecular weight is 253 g/mol. The highest BCUT2D eigenvalue weighted by Crippen LogP contribution is 2.35. The highest BCUT2D eigenvalue weighted by Gasteiger charge is 2.27. The van der Waals surface area contributed by atoms with Crippen molar-refractivity contribution in [3.8, 4) is 0 Å². The molecule has 100 valence electrons. The van der Waals surface area contributed by atoms with Crippen LogP contribution in [0.1, 0.15) is 33.6 Å². The molecule has 0 aliphatic heterocycles. The van der Waals surface area contributed by atoms with Crippen molar-refractivity contribution in [1.29, 1.82) is 0 Å². The monoisotopic (exact) mass is 253 g/mol. The van der Waals surface area contributed by atoms with E-state index in [2.05, 4.69) is 86.3 Å². The predicted molar refractivity (Wildman–Crippen MR) is 84.0 cm³/mol. The van der Waals surface area contributed by atoms with Crippen LogP contribution in [0.25, 0.3) is 0 Å². The van der Waals surface area contributed by atoms with Crippen LogP contribution < -0.4 is 4.90 Å². The molecule has 0 heterocycles. The minimum absolute atomic E-state index is 0.109. The van der Waals surface area contributed by atoms with Crippen molar-refractivity contribution in [1.82, 2.24) is 0 Å². The Kier molecular flexibility index (Phi) is 4.26. The highest BCUT2D eigenvalue weighted by molar-refractivity contribution is 5.65. The van der Waals surface area contributed by atoms with E-state index in [1.165, 1.54) is 17.8 Å². The van der Waals surface area contributed by atoms with Crippen LogP contribution in [0.4, 0.5) is 11.4 Å². The molecule has 0 fully saturated rings. The molecule has 0 aromatic heterocycles. The number of anilines is 2. The van der Waals surface area contributed by atoms with Gasteiger partial charge in [-0.15, -0.1) is 0 Å². The van der Waals surface area contributed by atoms with Gasteiger partial charge in [0, 0.05) is 16.9 Å². The third-order valence-corrected chi connectivity index (χ3v) is 3.50. The molecule has 2 rings (SSSR count). The lowest BCUT2D eigenvalue weighted by Crippen LogP contribution is -2.40. The molecule has 0 aliphatic rings. The molecule has 0 N–H and O–H groups in total. The number of rotatable bonds is 5. The molecular formula is C18H23N. The van der Waals surface area contributed by atoms with Crippen molar-refractivity contribution in [2.75, 3.05) is 4.90 Å². The summed E-state index contributed by atoms with van der Waals surface area (Å²) in [7, 11) is 0. The molecule has 1 heteroatoms. The molecule has 0 radical (unpaired) electrons. The quantitative estimate of drug-likeness (QED) is 0.689. The number of nitrogens with zero attached hydrogens (tertiary/aromatic N) is 1. The Morgan fingerprint density at radius 1 is 0.789 bits per heavy atom. The summed E-state index contributed by atoms with van der Waals surface area (Å²) in [6.45, 7) is 6.88. The van der Waals surface area contributed by atoms with E-state index in [1.807, 2.05) is 0 Å². The first kappa shape index (κ1) is 13.7. The molecule has 0 saturated carbocycles. The minimum atomic E-state index is 0.109. The van der Waals surface area contributed by atoms with Crippen LogP contribution in [-0.2, 0) is 0 Å². The van der Waals surface area contributed by atoms with Crippen molar-refractivity contribution >= 4 is 11.4 Å². The van der Waals surface area contributed by atoms with Gasteiger partial charge in [0.2, 0.25) is 0 Å². The van der Waals surface area contributed by atoms with Crippen LogP contribution in [-0.4, -0.2) is 5.54 Å². The Labute approximate surface area is 116 Å². The standard InChI is InChI=1S/C18H23N/c1-4-15-18(2,3)19(16-11-7-5-8-12-16)17-13-9-6-10-14-17/h5-14H,4,15H2,1-3H3. The topological polar surface area (TPSA) is 3.24 Å². The Morgan fingerprint density at radius 3 is 1.58 bits per heavy atom. The van der Waals surface area contributed by atoms with Crippen molar-refractivity contribution < 1.29 is 0 Å². The number of hydrogen-bond acceptors (Lipinski definition) is 1. The predicted octanol–water partition coefficient (Wildman–Crippen LogP) is 5.40.